The number of hydrogen-bond acceptors (Lipinski definition) is 2. The summed E-state index contributed by atoms with van der Waals surface area (Å²) in [6.07, 6.45) is 1.94. The molecule has 0 aliphatic carbocycles. The third-order valence-corrected chi connectivity index (χ3v) is 1.26. The fourth-order valence-electron chi connectivity index (χ4n) is 0.558. The van der Waals surface area contributed by atoms with Crippen LogP contribution >= 0.6 is 12.4 Å². The lowest BCUT2D eigenvalue weighted by atomic mass is 10.1. The van der Waals surface area contributed by atoms with Crippen LogP contribution in [0, 0.1) is 5.92 Å². The minimum absolute atomic E-state index is 0. The number of hydrogen-bond donors (Lipinski definition) is 2. The van der Waals surface area contributed by atoms with Crippen molar-refractivity contribution in [1.82, 2.24) is 0 Å². The first-order valence-electron chi connectivity index (χ1n) is 3.12. The summed E-state index contributed by atoms with van der Waals surface area (Å²) in [5.74, 6) is 0.571. The maximum Gasteiger partial charge on any atom is 0.0431 e. The zero-order chi connectivity index (χ0) is 6.41. The molecule has 0 aromatic heterocycles. The van der Waals surface area contributed by atoms with Gasteiger partial charge in [-0.1, -0.05) is 6.92 Å². The van der Waals surface area contributed by atoms with Crippen molar-refractivity contribution in [3.63, 3.8) is 0 Å². The molecule has 0 unspecified atom stereocenters. The average molecular weight is 154 g/mol. The number of aliphatic hydroxyl groups excluding tert-OH is 1. The third kappa shape index (κ3) is 8.21. The second-order valence-electron chi connectivity index (χ2n) is 2.21. The fraction of sp³-hybridized carbons (Fsp3) is 1.00. The van der Waals surface area contributed by atoms with Crippen molar-refractivity contribution >= 4 is 12.4 Å². The smallest absolute Gasteiger partial charge is 0.0431 e. The Bertz CT molecular complexity index is 52.3. The molecule has 3 heteroatoms. The molecular weight excluding hydrogens is 138 g/mol. The number of rotatable bonds is 4. The summed E-state index contributed by atoms with van der Waals surface area (Å²) >= 11 is 0. The van der Waals surface area contributed by atoms with Gasteiger partial charge >= 0.3 is 0 Å². The molecule has 0 radical (unpaired) electrons. The molecule has 3 N–H and O–H groups in total. The molecule has 0 amide bonds. The van der Waals surface area contributed by atoms with Gasteiger partial charge in [0, 0.05) is 6.61 Å². The van der Waals surface area contributed by atoms with Crippen molar-refractivity contribution in [3.05, 3.63) is 0 Å². The van der Waals surface area contributed by atoms with E-state index in [-0.39, 0.29) is 12.4 Å². The van der Waals surface area contributed by atoms with Gasteiger partial charge in [-0.05, 0) is 25.3 Å². The Hall–Kier alpha value is 0.210. The molecule has 0 aromatic carbocycles. The third-order valence-electron chi connectivity index (χ3n) is 1.26. The first-order valence-corrected chi connectivity index (χ1v) is 3.12. The minimum atomic E-state index is 0. The van der Waals surface area contributed by atoms with Crippen molar-refractivity contribution in [2.75, 3.05) is 13.2 Å². The van der Waals surface area contributed by atoms with E-state index in [1.165, 1.54) is 0 Å². The lowest BCUT2D eigenvalue weighted by Crippen LogP contribution is -2.10. The quantitative estimate of drug-likeness (QED) is 0.627. The second kappa shape index (κ2) is 8.21. The standard InChI is InChI=1S/C6H15NO.ClH/c1-6(5-7)3-2-4-8;/h6,8H,2-5,7H2,1H3;1H/t6-;/m1./s1. The van der Waals surface area contributed by atoms with Gasteiger partial charge in [0.15, 0.2) is 0 Å². The fourth-order valence-corrected chi connectivity index (χ4v) is 0.558. The highest BCUT2D eigenvalue weighted by atomic mass is 35.5. The van der Waals surface area contributed by atoms with Gasteiger partial charge in [-0.3, -0.25) is 0 Å². The van der Waals surface area contributed by atoms with E-state index in [1.807, 2.05) is 0 Å². The Morgan fingerprint density at radius 1 is 1.56 bits per heavy atom. The molecule has 58 valence electrons. The van der Waals surface area contributed by atoms with Gasteiger partial charge in [-0.25, -0.2) is 0 Å². The SMILES string of the molecule is C[C@@H](CN)CCCO.Cl. The van der Waals surface area contributed by atoms with Gasteiger partial charge in [0.2, 0.25) is 0 Å². The van der Waals surface area contributed by atoms with Crippen LogP contribution in [0.15, 0.2) is 0 Å². The predicted octanol–water partition coefficient (Wildman–Crippen LogP) is 0.776. The van der Waals surface area contributed by atoms with Crippen LogP contribution in [0.2, 0.25) is 0 Å². The molecule has 0 fully saturated rings. The van der Waals surface area contributed by atoms with Crippen LogP contribution in [0.3, 0.4) is 0 Å². The Balaban J connectivity index is 0. The van der Waals surface area contributed by atoms with Crippen LogP contribution in [0.25, 0.3) is 0 Å². The summed E-state index contributed by atoms with van der Waals surface area (Å²) in [7, 11) is 0. The Labute approximate surface area is 62.9 Å². The van der Waals surface area contributed by atoms with E-state index in [0.29, 0.717) is 12.5 Å². The van der Waals surface area contributed by atoms with Gasteiger partial charge in [-0.2, -0.15) is 0 Å². The van der Waals surface area contributed by atoms with Gasteiger partial charge in [0.1, 0.15) is 0 Å². The van der Waals surface area contributed by atoms with E-state index >= 15 is 0 Å². The van der Waals surface area contributed by atoms with Gasteiger partial charge < -0.3 is 10.8 Å². The summed E-state index contributed by atoms with van der Waals surface area (Å²) in [4.78, 5) is 0. The normalized spacial score (nSPS) is 12.3. The maximum absolute atomic E-state index is 8.37. The van der Waals surface area contributed by atoms with Crippen LogP contribution in [0.5, 0.6) is 0 Å². The zero-order valence-corrected chi connectivity index (χ0v) is 6.66. The first kappa shape index (κ1) is 11.9. The molecule has 0 bridgehead atoms. The van der Waals surface area contributed by atoms with Crippen molar-refractivity contribution in [2.45, 2.75) is 19.8 Å². The molecule has 0 saturated heterocycles. The topological polar surface area (TPSA) is 46.2 Å². The summed E-state index contributed by atoms with van der Waals surface area (Å²) in [6, 6.07) is 0. The largest absolute Gasteiger partial charge is 0.396 e. The van der Waals surface area contributed by atoms with E-state index in [4.69, 9.17) is 10.8 Å². The Kier molecular flexibility index (Phi) is 10.9. The minimum Gasteiger partial charge on any atom is -0.396 e. The molecule has 0 heterocycles. The Morgan fingerprint density at radius 2 is 2.11 bits per heavy atom. The maximum atomic E-state index is 8.37. The summed E-state index contributed by atoms with van der Waals surface area (Å²) in [5.41, 5.74) is 5.33. The molecule has 0 saturated carbocycles. The van der Waals surface area contributed by atoms with Crippen molar-refractivity contribution in [1.29, 1.82) is 0 Å². The van der Waals surface area contributed by atoms with Crippen LogP contribution in [0.4, 0.5) is 0 Å². The monoisotopic (exact) mass is 153 g/mol. The summed E-state index contributed by atoms with van der Waals surface area (Å²) in [5, 5.41) is 8.37. The highest BCUT2D eigenvalue weighted by Gasteiger charge is 1.95. The lowest BCUT2D eigenvalue weighted by Gasteiger charge is -2.04. The molecule has 9 heavy (non-hydrogen) atoms. The molecule has 1 atom stereocenters. The van der Waals surface area contributed by atoms with E-state index in [1.54, 1.807) is 0 Å². The summed E-state index contributed by atoms with van der Waals surface area (Å²) in [6.45, 7) is 3.12. The highest BCUT2D eigenvalue weighted by molar-refractivity contribution is 5.85. The van der Waals surface area contributed by atoms with E-state index in [0.717, 1.165) is 19.4 Å². The molecule has 0 aromatic rings. The van der Waals surface area contributed by atoms with Crippen LogP contribution in [-0.4, -0.2) is 18.3 Å². The number of aliphatic hydroxyl groups is 1. The Morgan fingerprint density at radius 3 is 2.44 bits per heavy atom. The van der Waals surface area contributed by atoms with Gasteiger partial charge in [0.05, 0.1) is 0 Å². The molecule has 2 nitrogen and oxygen atoms in total. The molecule has 0 rings (SSSR count). The van der Waals surface area contributed by atoms with Crippen LogP contribution in [0.1, 0.15) is 19.8 Å². The molecule has 0 aliphatic rings. The zero-order valence-electron chi connectivity index (χ0n) is 5.84. The van der Waals surface area contributed by atoms with E-state index < -0.39 is 0 Å². The van der Waals surface area contributed by atoms with E-state index in [2.05, 4.69) is 6.92 Å². The average Bonchev–Trinajstić information content (AvgIpc) is 1.83. The van der Waals surface area contributed by atoms with E-state index in [9.17, 15) is 0 Å². The van der Waals surface area contributed by atoms with Crippen molar-refractivity contribution < 1.29 is 5.11 Å². The first-order chi connectivity index (χ1) is 3.81. The predicted molar refractivity (Wildman–Crippen MR) is 41.8 cm³/mol. The van der Waals surface area contributed by atoms with Crippen molar-refractivity contribution in [2.24, 2.45) is 11.7 Å². The number of halogens is 1. The van der Waals surface area contributed by atoms with Gasteiger partial charge in [0.25, 0.3) is 0 Å². The van der Waals surface area contributed by atoms with Crippen molar-refractivity contribution in [3.8, 4) is 0 Å². The van der Waals surface area contributed by atoms with Crippen LogP contribution < -0.4 is 5.73 Å². The van der Waals surface area contributed by atoms with Gasteiger partial charge in [-0.15, -0.1) is 12.4 Å². The van der Waals surface area contributed by atoms with Crippen LogP contribution in [-0.2, 0) is 0 Å². The lowest BCUT2D eigenvalue weighted by molar-refractivity contribution is 0.274. The second-order valence-corrected chi connectivity index (χ2v) is 2.21. The molecular formula is C6H16ClNO. The highest BCUT2D eigenvalue weighted by Crippen LogP contribution is 2.00. The number of nitrogens with two attached hydrogens (primary N) is 1. The summed E-state index contributed by atoms with van der Waals surface area (Å²) < 4.78 is 0. The molecule has 0 spiro atoms. The molecule has 0 aliphatic heterocycles.